The van der Waals surface area contributed by atoms with Gasteiger partial charge in [-0.3, -0.25) is 10.1 Å². The van der Waals surface area contributed by atoms with E-state index in [0.717, 1.165) is 5.39 Å². The summed E-state index contributed by atoms with van der Waals surface area (Å²) >= 11 is 0. The Bertz CT molecular complexity index is 1130. The molecule has 26 heavy (non-hydrogen) atoms. The number of fused-ring (bicyclic) bond motifs is 2. The van der Waals surface area contributed by atoms with Crippen molar-refractivity contribution in [2.45, 2.75) is 0 Å². The quantitative estimate of drug-likeness (QED) is 0.292. The number of aromatic nitrogens is 1. The van der Waals surface area contributed by atoms with Crippen molar-refractivity contribution < 1.29 is 14.4 Å². The lowest BCUT2D eigenvalue weighted by atomic mass is 10.1. The van der Waals surface area contributed by atoms with Crippen LogP contribution in [-0.2, 0) is 0 Å². The van der Waals surface area contributed by atoms with Crippen LogP contribution in [0.25, 0.3) is 21.8 Å². The van der Waals surface area contributed by atoms with Crippen molar-refractivity contribution in [2.24, 2.45) is 0 Å². The maximum Gasteiger partial charge on any atom is 0.313 e. The molecule has 128 valence electrons. The zero-order valence-electron chi connectivity index (χ0n) is 13.9. The molecule has 0 aliphatic carbocycles. The summed E-state index contributed by atoms with van der Waals surface area (Å²) in [5, 5.41) is 12.8. The first-order chi connectivity index (χ1) is 12.7. The number of methoxy groups -OCH3 is 1. The molecule has 4 rings (SSSR count). The van der Waals surface area contributed by atoms with Crippen molar-refractivity contribution in [1.82, 2.24) is 4.98 Å². The third-order valence-electron chi connectivity index (χ3n) is 4.09. The molecule has 0 aliphatic heterocycles. The Balaban J connectivity index is 2.05. The minimum absolute atomic E-state index is 0.131. The minimum Gasteiger partial charge on any atom is -0.490 e. The molecule has 0 amide bonds. The lowest BCUT2D eigenvalue weighted by molar-refractivity contribution is -0.385. The van der Waals surface area contributed by atoms with Gasteiger partial charge in [-0.25, -0.2) is 4.98 Å². The van der Waals surface area contributed by atoms with Gasteiger partial charge in [0.1, 0.15) is 11.5 Å². The van der Waals surface area contributed by atoms with E-state index in [0.29, 0.717) is 27.9 Å². The van der Waals surface area contributed by atoms with Crippen LogP contribution < -0.4 is 9.47 Å². The van der Waals surface area contributed by atoms with Crippen LogP contribution in [0.3, 0.4) is 0 Å². The number of para-hydroxylation sites is 2. The predicted octanol–water partition coefficient (Wildman–Crippen LogP) is 5.10. The molecule has 1 heterocycles. The second-order valence-corrected chi connectivity index (χ2v) is 5.67. The summed E-state index contributed by atoms with van der Waals surface area (Å²) in [7, 11) is 1.40. The van der Waals surface area contributed by atoms with Crippen LogP contribution in [0.1, 0.15) is 0 Å². The summed E-state index contributed by atoms with van der Waals surface area (Å²) in [6.07, 6.45) is 0. The second-order valence-electron chi connectivity index (χ2n) is 5.67. The normalized spacial score (nSPS) is 10.8. The van der Waals surface area contributed by atoms with Crippen LogP contribution in [-0.4, -0.2) is 17.0 Å². The predicted molar refractivity (Wildman–Crippen MR) is 99.0 cm³/mol. The maximum absolute atomic E-state index is 11.3. The van der Waals surface area contributed by atoms with Gasteiger partial charge in [-0.1, -0.05) is 30.3 Å². The molecule has 0 aliphatic rings. The molecule has 0 atom stereocenters. The molecule has 0 N–H and O–H groups in total. The lowest BCUT2D eigenvalue weighted by Crippen LogP contribution is -1.96. The average molecular weight is 346 g/mol. The SMILES string of the molecule is COc1cc2c(Oc3ccccc3)c3ccccc3nc2cc1[N+](=O)[O-]. The first-order valence-corrected chi connectivity index (χ1v) is 7.95. The molecule has 6 heteroatoms. The Labute approximate surface area is 148 Å². The molecule has 0 unspecified atom stereocenters. The van der Waals surface area contributed by atoms with Crippen LogP contribution in [0, 0.1) is 10.1 Å². The standard InChI is InChI=1S/C20H14N2O4/c1-25-19-11-15-17(12-18(19)22(23)24)21-16-10-6-5-9-14(16)20(15)26-13-7-3-2-4-8-13/h2-12H,1H3. The molecular formula is C20H14N2O4. The van der Waals surface area contributed by atoms with Crippen LogP contribution in [0.5, 0.6) is 17.2 Å². The topological polar surface area (TPSA) is 74.5 Å². The van der Waals surface area contributed by atoms with Crippen molar-refractivity contribution in [3.8, 4) is 17.2 Å². The van der Waals surface area contributed by atoms with Gasteiger partial charge in [0.05, 0.1) is 23.1 Å². The highest BCUT2D eigenvalue weighted by atomic mass is 16.6. The van der Waals surface area contributed by atoms with E-state index < -0.39 is 4.92 Å². The fourth-order valence-electron chi connectivity index (χ4n) is 2.89. The number of ether oxygens (including phenoxy) is 2. The smallest absolute Gasteiger partial charge is 0.313 e. The van der Waals surface area contributed by atoms with E-state index in [9.17, 15) is 10.1 Å². The van der Waals surface area contributed by atoms with Crippen LogP contribution in [0.4, 0.5) is 5.69 Å². The molecule has 0 saturated heterocycles. The van der Waals surface area contributed by atoms with E-state index in [-0.39, 0.29) is 11.4 Å². The Morgan fingerprint density at radius 1 is 0.923 bits per heavy atom. The average Bonchev–Trinajstić information content (AvgIpc) is 2.67. The van der Waals surface area contributed by atoms with Gasteiger partial charge in [-0.05, 0) is 24.3 Å². The second kappa shape index (κ2) is 6.33. The molecule has 0 fully saturated rings. The number of nitrogens with zero attached hydrogens (tertiary/aromatic N) is 2. The number of nitro groups is 1. The first-order valence-electron chi connectivity index (χ1n) is 7.95. The zero-order valence-corrected chi connectivity index (χ0v) is 13.9. The monoisotopic (exact) mass is 346 g/mol. The van der Waals surface area contributed by atoms with E-state index in [4.69, 9.17) is 9.47 Å². The van der Waals surface area contributed by atoms with Crippen LogP contribution >= 0.6 is 0 Å². The summed E-state index contributed by atoms with van der Waals surface area (Å²) in [5.74, 6) is 1.42. The Hall–Kier alpha value is -3.67. The number of pyridine rings is 1. The van der Waals surface area contributed by atoms with E-state index >= 15 is 0 Å². The lowest BCUT2D eigenvalue weighted by Gasteiger charge is -2.13. The van der Waals surface area contributed by atoms with Gasteiger partial charge in [0.2, 0.25) is 0 Å². The molecule has 1 aromatic heterocycles. The van der Waals surface area contributed by atoms with Gasteiger partial charge >= 0.3 is 5.69 Å². The zero-order chi connectivity index (χ0) is 18.1. The Morgan fingerprint density at radius 2 is 1.65 bits per heavy atom. The molecule has 0 radical (unpaired) electrons. The number of rotatable bonds is 4. The molecule has 0 bridgehead atoms. The fourth-order valence-corrected chi connectivity index (χ4v) is 2.89. The number of hydrogen-bond donors (Lipinski definition) is 0. The molecule has 0 spiro atoms. The maximum atomic E-state index is 11.3. The highest BCUT2D eigenvalue weighted by Crippen LogP contribution is 2.40. The Morgan fingerprint density at radius 3 is 2.38 bits per heavy atom. The minimum atomic E-state index is -0.479. The summed E-state index contributed by atoms with van der Waals surface area (Å²) in [6.45, 7) is 0. The van der Waals surface area contributed by atoms with Crippen molar-refractivity contribution in [1.29, 1.82) is 0 Å². The largest absolute Gasteiger partial charge is 0.490 e. The van der Waals surface area contributed by atoms with Crippen LogP contribution in [0.15, 0.2) is 66.7 Å². The Kier molecular flexibility index (Phi) is 3.85. The highest BCUT2D eigenvalue weighted by Gasteiger charge is 2.20. The molecule has 3 aromatic carbocycles. The first kappa shape index (κ1) is 15.8. The summed E-state index contributed by atoms with van der Waals surface area (Å²) in [5.41, 5.74) is 1.04. The van der Waals surface area contributed by atoms with Gasteiger partial charge in [-0.15, -0.1) is 0 Å². The van der Waals surface area contributed by atoms with E-state index in [2.05, 4.69) is 4.98 Å². The van der Waals surface area contributed by atoms with Crippen molar-refractivity contribution in [2.75, 3.05) is 7.11 Å². The molecule has 0 saturated carbocycles. The molecule has 6 nitrogen and oxygen atoms in total. The molecule has 4 aromatic rings. The summed E-state index contributed by atoms with van der Waals surface area (Å²) in [4.78, 5) is 15.4. The van der Waals surface area contributed by atoms with Gasteiger partial charge in [-0.2, -0.15) is 0 Å². The third kappa shape index (κ3) is 2.67. The van der Waals surface area contributed by atoms with Crippen molar-refractivity contribution in [3.05, 3.63) is 76.8 Å². The number of hydrogen-bond acceptors (Lipinski definition) is 5. The van der Waals surface area contributed by atoms with Crippen LogP contribution in [0.2, 0.25) is 0 Å². The van der Waals surface area contributed by atoms with E-state index in [1.54, 1.807) is 6.07 Å². The van der Waals surface area contributed by atoms with Gasteiger partial charge in [0.15, 0.2) is 5.75 Å². The van der Waals surface area contributed by atoms with E-state index in [1.807, 2.05) is 54.6 Å². The van der Waals surface area contributed by atoms with Crippen molar-refractivity contribution in [3.63, 3.8) is 0 Å². The van der Waals surface area contributed by atoms with Gasteiger partial charge in [0.25, 0.3) is 0 Å². The third-order valence-corrected chi connectivity index (χ3v) is 4.09. The van der Waals surface area contributed by atoms with E-state index in [1.165, 1.54) is 13.2 Å². The molecular weight excluding hydrogens is 332 g/mol. The van der Waals surface area contributed by atoms with Gasteiger partial charge in [0, 0.05) is 22.9 Å². The van der Waals surface area contributed by atoms with Crippen molar-refractivity contribution >= 4 is 27.5 Å². The fraction of sp³-hybridized carbons (Fsp3) is 0.0500. The highest BCUT2D eigenvalue weighted by molar-refractivity contribution is 6.02. The number of nitro benzene ring substituents is 1. The van der Waals surface area contributed by atoms with Gasteiger partial charge < -0.3 is 9.47 Å². The summed E-state index contributed by atoms with van der Waals surface area (Å²) in [6, 6.07) is 19.9. The summed E-state index contributed by atoms with van der Waals surface area (Å²) < 4.78 is 11.3. The number of benzene rings is 3.